The minimum absolute atomic E-state index is 0.0164. The van der Waals surface area contributed by atoms with E-state index in [1.807, 2.05) is 0 Å². The molecule has 0 aliphatic carbocycles. The number of amides is 2. The van der Waals surface area contributed by atoms with Gasteiger partial charge < -0.3 is 14.9 Å². The molecule has 132 valence electrons. The Labute approximate surface area is 137 Å². The van der Waals surface area contributed by atoms with Gasteiger partial charge in [-0.05, 0) is 24.6 Å². The molecule has 0 bridgehead atoms. The Balaban J connectivity index is 1.89. The van der Waals surface area contributed by atoms with Crippen LogP contribution in [0.1, 0.15) is 18.1 Å². The lowest BCUT2D eigenvalue weighted by atomic mass is 10.1. The Morgan fingerprint density at radius 3 is 2.04 bits per heavy atom. The van der Waals surface area contributed by atoms with Crippen LogP contribution in [0, 0.1) is 0 Å². The molecule has 1 saturated heterocycles. The van der Waals surface area contributed by atoms with Gasteiger partial charge in [-0.3, -0.25) is 9.59 Å². The molecule has 2 amide bonds. The van der Waals surface area contributed by atoms with Crippen LogP contribution >= 0.6 is 0 Å². The molecule has 1 aromatic rings. The number of carbonyl (C=O) groups excluding carboxylic acids is 2. The summed E-state index contributed by atoms with van der Waals surface area (Å²) < 4.78 is 37.5. The number of aliphatic hydroxyl groups is 1. The summed E-state index contributed by atoms with van der Waals surface area (Å²) in [4.78, 5) is 26.9. The van der Waals surface area contributed by atoms with Crippen LogP contribution < -0.4 is 0 Å². The van der Waals surface area contributed by atoms with Crippen LogP contribution in [0.25, 0.3) is 0 Å². The summed E-state index contributed by atoms with van der Waals surface area (Å²) in [7, 11) is 0. The molecule has 1 unspecified atom stereocenters. The highest BCUT2D eigenvalue weighted by atomic mass is 19.4. The largest absolute Gasteiger partial charge is 0.416 e. The zero-order valence-electron chi connectivity index (χ0n) is 13.2. The Morgan fingerprint density at radius 2 is 1.58 bits per heavy atom. The summed E-state index contributed by atoms with van der Waals surface area (Å²) >= 11 is 0. The molecule has 5 nitrogen and oxygen atoms in total. The zero-order valence-corrected chi connectivity index (χ0v) is 13.2. The Kier molecular flexibility index (Phi) is 5.48. The number of carbonyl (C=O) groups is 2. The molecule has 1 heterocycles. The summed E-state index contributed by atoms with van der Waals surface area (Å²) in [5.74, 6) is -0.566. The standard InChI is InChI=1S/C16H19F3N2O3/c1-11(22)15(24)21-8-6-20(7-9-21)14(23)10-12-2-4-13(5-3-12)16(17,18)19/h2-5,11,22H,6-10H2,1H3. The summed E-state index contributed by atoms with van der Waals surface area (Å²) in [6, 6.07) is 4.52. The zero-order chi connectivity index (χ0) is 17.9. The first kappa shape index (κ1) is 18.3. The highest BCUT2D eigenvalue weighted by molar-refractivity contribution is 5.81. The molecule has 1 aliphatic heterocycles. The van der Waals surface area contributed by atoms with Crippen molar-refractivity contribution in [3.63, 3.8) is 0 Å². The highest BCUT2D eigenvalue weighted by Crippen LogP contribution is 2.29. The van der Waals surface area contributed by atoms with E-state index in [0.717, 1.165) is 12.1 Å². The summed E-state index contributed by atoms with van der Waals surface area (Å²) in [5.41, 5.74) is -0.237. The van der Waals surface area contributed by atoms with E-state index in [1.54, 1.807) is 4.90 Å². The van der Waals surface area contributed by atoms with E-state index in [2.05, 4.69) is 0 Å². The van der Waals surface area contributed by atoms with Crippen molar-refractivity contribution >= 4 is 11.8 Å². The van der Waals surface area contributed by atoms with Crippen LogP contribution in [0.2, 0.25) is 0 Å². The van der Waals surface area contributed by atoms with Gasteiger partial charge in [-0.25, -0.2) is 0 Å². The van der Waals surface area contributed by atoms with E-state index in [0.29, 0.717) is 31.7 Å². The molecule has 8 heteroatoms. The maximum atomic E-state index is 12.5. The minimum atomic E-state index is -4.39. The van der Waals surface area contributed by atoms with Crippen molar-refractivity contribution in [1.29, 1.82) is 0 Å². The normalized spacial score (nSPS) is 16.9. The lowest BCUT2D eigenvalue weighted by Crippen LogP contribution is -2.52. The SMILES string of the molecule is CC(O)C(=O)N1CCN(C(=O)Cc2ccc(C(F)(F)F)cc2)CC1. The molecule has 1 fully saturated rings. The van der Waals surface area contributed by atoms with Gasteiger partial charge in [0.1, 0.15) is 6.10 Å². The molecular weight excluding hydrogens is 325 g/mol. The van der Waals surface area contributed by atoms with Gasteiger partial charge >= 0.3 is 6.18 Å². The van der Waals surface area contributed by atoms with E-state index < -0.39 is 17.8 Å². The van der Waals surface area contributed by atoms with Crippen LogP contribution in [0.5, 0.6) is 0 Å². The minimum Gasteiger partial charge on any atom is -0.384 e. The van der Waals surface area contributed by atoms with Gasteiger partial charge in [-0.2, -0.15) is 13.2 Å². The molecule has 24 heavy (non-hydrogen) atoms. The molecule has 0 aromatic heterocycles. The van der Waals surface area contributed by atoms with Gasteiger partial charge in [-0.1, -0.05) is 12.1 Å². The molecule has 2 rings (SSSR count). The summed E-state index contributed by atoms with van der Waals surface area (Å²) in [5, 5.41) is 9.27. The second-order valence-corrected chi connectivity index (χ2v) is 5.75. The lowest BCUT2D eigenvalue weighted by Gasteiger charge is -2.35. The van der Waals surface area contributed by atoms with E-state index in [9.17, 15) is 27.9 Å². The number of benzene rings is 1. The summed E-state index contributed by atoms with van der Waals surface area (Å²) in [6.45, 7) is 2.76. The number of alkyl halides is 3. The molecule has 0 spiro atoms. The quantitative estimate of drug-likeness (QED) is 0.899. The third-order valence-corrected chi connectivity index (χ3v) is 3.94. The second kappa shape index (κ2) is 7.21. The first-order chi connectivity index (χ1) is 11.2. The molecule has 0 radical (unpaired) electrons. The highest BCUT2D eigenvalue weighted by Gasteiger charge is 2.30. The molecule has 1 aliphatic rings. The maximum absolute atomic E-state index is 12.5. The fourth-order valence-corrected chi connectivity index (χ4v) is 2.54. The Bertz CT molecular complexity index is 592. The molecule has 1 N–H and O–H groups in total. The number of hydrogen-bond acceptors (Lipinski definition) is 3. The Morgan fingerprint density at radius 1 is 1.08 bits per heavy atom. The van der Waals surface area contributed by atoms with Gasteiger partial charge in [0.25, 0.3) is 5.91 Å². The van der Waals surface area contributed by atoms with Crippen molar-refractivity contribution in [1.82, 2.24) is 9.80 Å². The van der Waals surface area contributed by atoms with E-state index in [1.165, 1.54) is 24.0 Å². The Hall–Kier alpha value is -2.09. The van der Waals surface area contributed by atoms with Gasteiger partial charge in [-0.15, -0.1) is 0 Å². The molecule has 1 aromatic carbocycles. The van der Waals surface area contributed by atoms with Gasteiger partial charge in [0.15, 0.2) is 0 Å². The van der Waals surface area contributed by atoms with Crippen LogP contribution in [0.4, 0.5) is 13.2 Å². The van der Waals surface area contributed by atoms with Gasteiger partial charge in [0.05, 0.1) is 12.0 Å². The van der Waals surface area contributed by atoms with Gasteiger partial charge in [0, 0.05) is 26.2 Å². The van der Waals surface area contributed by atoms with Crippen molar-refractivity contribution < 1.29 is 27.9 Å². The number of hydrogen-bond donors (Lipinski definition) is 1. The van der Waals surface area contributed by atoms with Crippen molar-refractivity contribution in [3.05, 3.63) is 35.4 Å². The van der Waals surface area contributed by atoms with E-state index in [-0.39, 0.29) is 18.2 Å². The van der Waals surface area contributed by atoms with Crippen molar-refractivity contribution in [2.75, 3.05) is 26.2 Å². The predicted octanol–water partition coefficient (Wildman–Crippen LogP) is 1.30. The average Bonchev–Trinajstić information content (AvgIpc) is 2.54. The number of halogens is 3. The topological polar surface area (TPSA) is 60.9 Å². The monoisotopic (exact) mass is 344 g/mol. The number of rotatable bonds is 3. The van der Waals surface area contributed by atoms with Crippen LogP contribution in [-0.2, 0) is 22.2 Å². The molecule has 0 saturated carbocycles. The molecule has 1 atom stereocenters. The van der Waals surface area contributed by atoms with E-state index >= 15 is 0 Å². The van der Waals surface area contributed by atoms with Gasteiger partial charge in [0.2, 0.25) is 5.91 Å². The van der Waals surface area contributed by atoms with Crippen LogP contribution in [-0.4, -0.2) is 59.0 Å². The maximum Gasteiger partial charge on any atom is 0.416 e. The van der Waals surface area contributed by atoms with Crippen molar-refractivity contribution in [3.8, 4) is 0 Å². The predicted molar refractivity (Wildman–Crippen MR) is 80.0 cm³/mol. The number of nitrogens with zero attached hydrogens (tertiary/aromatic N) is 2. The number of aliphatic hydroxyl groups excluding tert-OH is 1. The summed E-state index contributed by atoms with van der Waals surface area (Å²) in [6.07, 6.45) is -5.45. The molecular formula is C16H19F3N2O3. The third-order valence-electron chi connectivity index (χ3n) is 3.94. The van der Waals surface area contributed by atoms with Crippen molar-refractivity contribution in [2.45, 2.75) is 25.6 Å². The average molecular weight is 344 g/mol. The smallest absolute Gasteiger partial charge is 0.384 e. The van der Waals surface area contributed by atoms with Crippen LogP contribution in [0.15, 0.2) is 24.3 Å². The first-order valence-corrected chi connectivity index (χ1v) is 7.59. The van der Waals surface area contributed by atoms with E-state index in [4.69, 9.17) is 0 Å². The van der Waals surface area contributed by atoms with Crippen molar-refractivity contribution in [2.24, 2.45) is 0 Å². The second-order valence-electron chi connectivity index (χ2n) is 5.75. The fourth-order valence-electron chi connectivity index (χ4n) is 2.54. The third kappa shape index (κ3) is 4.47. The lowest BCUT2D eigenvalue weighted by molar-refractivity contribution is -0.144. The fraction of sp³-hybridized carbons (Fsp3) is 0.500. The number of piperazine rings is 1. The first-order valence-electron chi connectivity index (χ1n) is 7.59. The van der Waals surface area contributed by atoms with Crippen LogP contribution in [0.3, 0.4) is 0 Å².